The largest absolute Gasteiger partial charge is 0.369 e. The molecule has 0 bridgehead atoms. The summed E-state index contributed by atoms with van der Waals surface area (Å²) in [4.78, 5) is 28.2. The molecule has 34 heavy (non-hydrogen) atoms. The maximum atomic E-state index is 12.4. The third kappa shape index (κ3) is 5.48. The summed E-state index contributed by atoms with van der Waals surface area (Å²) in [6.45, 7) is 4.01. The zero-order valence-electron chi connectivity index (χ0n) is 19.0. The summed E-state index contributed by atoms with van der Waals surface area (Å²) >= 11 is 6.35. The molecule has 0 radical (unpaired) electrons. The molecule has 1 saturated heterocycles. The van der Waals surface area contributed by atoms with Crippen LogP contribution in [0.2, 0.25) is 5.02 Å². The molecule has 0 spiro atoms. The van der Waals surface area contributed by atoms with Crippen molar-refractivity contribution in [3.05, 3.63) is 41.6 Å². The molecule has 3 heterocycles. The van der Waals surface area contributed by atoms with Crippen molar-refractivity contribution in [3.63, 3.8) is 0 Å². The molecule has 2 fully saturated rings. The smallest absolute Gasteiger partial charge is 0.320 e. The van der Waals surface area contributed by atoms with Gasteiger partial charge in [-0.05, 0) is 43.2 Å². The van der Waals surface area contributed by atoms with Crippen molar-refractivity contribution in [1.29, 1.82) is 0 Å². The lowest BCUT2D eigenvalue weighted by molar-refractivity contribution is 0.244. The van der Waals surface area contributed by atoms with E-state index in [2.05, 4.69) is 53.3 Å². The van der Waals surface area contributed by atoms with E-state index >= 15 is 0 Å². The van der Waals surface area contributed by atoms with Gasteiger partial charge in [0.15, 0.2) is 11.5 Å². The summed E-state index contributed by atoms with van der Waals surface area (Å²) in [6.07, 6.45) is 7.20. The number of nitrogens with one attached hydrogen (secondary N) is 4. The van der Waals surface area contributed by atoms with Crippen LogP contribution < -0.4 is 26.2 Å². The molecule has 2 aromatic heterocycles. The van der Waals surface area contributed by atoms with E-state index in [0.29, 0.717) is 22.0 Å². The van der Waals surface area contributed by atoms with Crippen LogP contribution in [0.4, 0.5) is 27.9 Å². The van der Waals surface area contributed by atoms with Crippen LogP contribution in [-0.2, 0) is 0 Å². The fourth-order valence-electron chi connectivity index (χ4n) is 4.47. The molecule has 2 aliphatic rings. The van der Waals surface area contributed by atoms with Crippen LogP contribution in [0.25, 0.3) is 11.0 Å². The van der Waals surface area contributed by atoms with Gasteiger partial charge in [-0.1, -0.05) is 30.9 Å². The number of carbonyl (C=O) groups is 1. The van der Waals surface area contributed by atoms with Gasteiger partial charge in [-0.25, -0.2) is 14.8 Å². The Morgan fingerprint density at radius 2 is 1.82 bits per heavy atom. The second-order valence-corrected chi connectivity index (χ2v) is 9.17. The third-order valence-corrected chi connectivity index (χ3v) is 6.59. The summed E-state index contributed by atoms with van der Waals surface area (Å²) in [5.74, 6) is 0.711. The predicted octanol–water partition coefficient (Wildman–Crippen LogP) is 4.29. The average molecular weight is 481 g/mol. The molecule has 0 unspecified atom stereocenters. The van der Waals surface area contributed by atoms with Gasteiger partial charge in [-0.2, -0.15) is 4.98 Å². The zero-order valence-corrected chi connectivity index (χ0v) is 19.7. The van der Waals surface area contributed by atoms with E-state index in [9.17, 15) is 4.79 Å². The van der Waals surface area contributed by atoms with Crippen molar-refractivity contribution in [2.24, 2.45) is 0 Å². The average Bonchev–Trinajstić information content (AvgIpc) is 2.86. The van der Waals surface area contributed by atoms with E-state index in [1.54, 1.807) is 12.3 Å². The van der Waals surface area contributed by atoms with Gasteiger partial charge in [0.1, 0.15) is 0 Å². The monoisotopic (exact) mass is 480 g/mol. The number of benzene rings is 1. The molecule has 10 heteroatoms. The second kappa shape index (κ2) is 10.4. The number of halogens is 1. The highest BCUT2D eigenvalue weighted by Gasteiger charge is 2.17. The molecule has 1 saturated carbocycles. The zero-order chi connectivity index (χ0) is 23.3. The van der Waals surface area contributed by atoms with E-state index in [4.69, 9.17) is 11.6 Å². The lowest BCUT2D eigenvalue weighted by Crippen LogP contribution is -2.43. The molecule has 1 aromatic carbocycles. The number of hydrogen-bond acceptors (Lipinski definition) is 7. The lowest BCUT2D eigenvalue weighted by atomic mass is 9.96. The molecular formula is C24H29ClN8O. The van der Waals surface area contributed by atoms with Crippen LogP contribution in [0.1, 0.15) is 32.1 Å². The van der Waals surface area contributed by atoms with Crippen molar-refractivity contribution in [1.82, 2.24) is 25.6 Å². The molecule has 1 aliphatic heterocycles. The lowest BCUT2D eigenvalue weighted by Gasteiger charge is -2.29. The summed E-state index contributed by atoms with van der Waals surface area (Å²) in [5.41, 5.74) is 2.54. The third-order valence-electron chi connectivity index (χ3n) is 6.30. The highest BCUT2D eigenvalue weighted by molar-refractivity contribution is 6.34. The number of piperazine rings is 1. The van der Waals surface area contributed by atoms with E-state index in [-0.39, 0.29) is 17.9 Å². The highest BCUT2D eigenvalue weighted by atomic mass is 35.5. The molecule has 1 aliphatic carbocycles. The van der Waals surface area contributed by atoms with Gasteiger partial charge in [0.2, 0.25) is 5.95 Å². The Balaban J connectivity index is 1.27. The van der Waals surface area contributed by atoms with Gasteiger partial charge in [0, 0.05) is 55.2 Å². The van der Waals surface area contributed by atoms with Gasteiger partial charge >= 0.3 is 6.03 Å². The van der Waals surface area contributed by atoms with Crippen LogP contribution in [0.3, 0.4) is 0 Å². The molecule has 3 aromatic rings. The van der Waals surface area contributed by atoms with E-state index in [0.717, 1.165) is 57.5 Å². The molecule has 9 nitrogen and oxygen atoms in total. The normalized spacial score (nSPS) is 16.9. The Morgan fingerprint density at radius 1 is 1.06 bits per heavy atom. The Morgan fingerprint density at radius 3 is 2.59 bits per heavy atom. The first-order valence-electron chi connectivity index (χ1n) is 11.9. The van der Waals surface area contributed by atoms with Gasteiger partial charge in [-0.3, -0.25) is 5.32 Å². The minimum absolute atomic E-state index is 0.198. The van der Waals surface area contributed by atoms with Crippen LogP contribution in [-0.4, -0.2) is 53.2 Å². The second-order valence-electron chi connectivity index (χ2n) is 8.77. The first-order chi connectivity index (χ1) is 16.6. The fraction of sp³-hybridized carbons (Fsp3) is 0.417. The van der Waals surface area contributed by atoms with Gasteiger partial charge in [0.25, 0.3) is 0 Å². The number of pyridine rings is 1. The SMILES string of the molecule is O=C(Nc1nc2nc(Nc3ccc(N4CCNCC4)cc3)ncc2cc1Cl)NC1CCCCC1. The van der Waals surface area contributed by atoms with Crippen molar-refractivity contribution < 1.29 is 4.79 Å². The maximum Gasteiger partial charge on any atom is 0.320 e. The molecule has 0 atom stereocenters. The Hall–Kier alpha value is -3.17. The number of rotatable bonds is 5. The number of fused-ring (bicyclic) bond motifs is 1. The van der Waals surface area contributed by atoms with Crippen molar-refractivity contribution >= 4 is 51.8 Å². The molecule has 5 rings (SSSR count). The number of aromatic nitrogens is 3. The summed E-state index contributed by atoms with van der Waals surface area (Å²) in [5, 5.41) is 13.4. The van der Waals surface area contributed by atoms with Crippen LogP contribution in [0.15, 0.2) is 36.5 Å². The highest BCUT2D eigenvalue weighted by Crippen LogP contribution is 2.26. The number of hydrogen-bond donors (Lipinski definition) is 4. The van der Waals surface area contributed by atoms with Gasteiger partial charge < -0.3 is 20.9 Å². The van der Waals surface area contributed by atoms with Crippen LogP contribution >= 0.6 is 11.6 Å². The predicted molar refractivity (Wildman–Crippen MR) is 136 cm³/mol. The Kier molecular flexibility index (Phi) is 6.92. The molecule has 178 valence electrons. The van der Waals surface area contributed by atoms with Crippen molar-refractivity contribution in [2.45, 2.75) is 38.1 Å². The minimum atomic E-state index is -0.294. The standard InChI is InChI=1S/C24H29ClN8O/c25-20-14-16-15-27-23(28-18-6-8-19(9-7-18)33-12-10-26-11-13-33)31-21(16)30-22(20)32-24(34)29-17-4-2-1-3-5-17/h6-9,14-15,17,26H,1-5,10-13H2,(H3,27,28,29,30,31,32,34). The first kappa shape index (κ1) is 22.6. The quantitative estimate of drug-likeness (QED) is 0.431. The van der Waals surface area contributed by atoms with E-state index in [1.165, 1.54) is 12.1 Å². The maximum absolute atomic E-state index is 12.4. The topological polar surface area (TPSA) is 107 Å². The van der Waals surface area contributed by atoms with E-state index in [1.807, 2.05) is 12.1 Å². The Labute approximate surface area is 203 Å². The number of amides is 2. The first-order valence-corrected chi connectivity index (χ1v) is 12.3. The number of nitrogens with zero attached hydrogens (tertiary/aromatic N) is 4. The van der Waals surface area contributed by atoms with Crippen LogP contribution in [0, 0.1) is 0 Å². The molecule has 4 N–H and O–H groups in total. The van der Waals surface area contributed by atoms with Crippen molar-refractivity contribution in [2.75, 3.05) is 41.7 Å². The summed E-state index contributed by atoms with van der Waals surface area (Å²) < 4.78 is 0. The number of anilines is 4. The van der Waals surface area contributed by atoms with Gasteiger partial charge in [-0.15, -0.1) is 0 Å². The summed E-state index contributed by atoms with van der Waals surface area (Å²) in [7, 11) is 0. The van der Waals surface area contributed by atoms with Crippen LogP contribution in [0.5, 0.6) is 0 Å². The molecular weight excluding hydrogens is 452 g/mol. The number of carbonyl (C=O) groups excluding carboxylic acids is 1. The fourth-order valence-corrected chi connectivity index (χ4v) is 4.68. The minimum Gasteiger partial charge on any atom is -0.369 e. The number of urea groups is 1. The summed E-state index contributed by atoms with van der Waals surface area (Å²) in [6, 6.07) is 9.85. The van der Waals surface area contributed by atoms with Gasteiger partial charge in [0.05, 0.1) is 5.02 Å². The Bertz CT molecular complexity index is 1140. The molecule has 2 amide bonds. The van der Waals surface area contributed by atoms with Crippen molar-refractivity contribution in [3.8, 4) is 0 Å². The van der Waals surface area contributed by atoms with E-state index < -0.39 is 0 Å².